The van der Waals surface area contributed by atoms with E-state index in [0.29, 0.717) is 22.8 Å². The third kappa shape index (κ3) is 6.59. The quantitative estimate of drug-likeness (QED) is 0.422. The van der Waals surface area contributed by atoms with Crippen LogP contribution in [0.4, 0.5) is 4.79 Å². The van der Waals surface area contributed by atoms with Gasteiger partial charge in [-0.2, -0.15) is 0 Å². The second-order valence-corrected chi connectivity index (χ2v) is 10.2. The molecule has 12 nitrogen and oxygen atoms in total. The summed E-state index contributed by atoms with van der Waals surface area (Å²) in [4.78, 5) is 49.5. The van der Waals surface area contributed by atoms with E-state index in [1.54, 1.807) is 39.8 Å². The van der Waals surface area contributed by atoms with Crippen molar-refractivity contribution < 1.29 is 52.3 Å². The Morgan fingerprint density at radius 2 is 1.47 bits per heavy atom. The zero-order chi connectivity index (χ0) is 28.4. The third-order valence-electron chi connectivity index (χ3n) is 6.13. The summed E-state index contributed by atoms with van der Waals surface area (Å²) in [5.74, 6) is -2.02. The minimum atomic E-state index is -1.24. The molecule has 1 aliphatic heterocycles. The molecule has 38 heavy (non-hydrogen) atoms. The van der Waals surface area contributed by atoms with Crippen LogP contribution < -0.4 is 19.5 Å². The van der Waals surface area contributed by atoms with Crippen LogP contribution >= 0.6 is 0 Å². The van der Waals surface area contributed by atoms with Gasteiger partial charge in [0.25, 0.3) is 0 Å². The van der Waals surface area contributed by atoms with E-state index in [2.05, 4.69) is 5.32 Å². The monoisotopic (exact) mass is 537 g/mol. The van der Waals surface area contributed by atoms with Gasteiger partial charge in [0.05, 0.1) is 13.2 Å². The zero-order valence-corrected chi connectivity index (χ0v) is 22.8. The first-order chi connectivity index (χ1) is 17.7. The number of fused-ring (bicyclic) bond motifs is 1. The highest BCUT2D eigenvalue weighted by Crippen LogP contribution is 2.48. The summed E-state index contributed by atoms with van der Waals surface area (Å²) in [6.45, 7) is 10.5. The molecule has 0 spiro atoms. The van der Waals surface area contributed by atoms with Gasteiger partial charge in [0.1, 0.15) is 11.7 Å². The number of nitrogens with one attached hydrogen (secondary N) is 1. The van der Waals surface area contributed by atoms with Crippen LogP contribution in [0.5, 0.6) is 17.2 Å². The normalized spacial score (nSPS) is 26.1. The molecule has 1 fully saturated rings. The summed E-state index contributed by atoms with van der Waals surface area (Å²) in [6.07, 6.45) is -4.27. The van der Waals surface area contributed by atoms with Crippen molar-refractivity contribution >= 4 is 24.0 Å². The van der Waals surface area contributed by atoms with Gasteiger partial charge in [0.2, 0.25) is 12.5 Å². The average Bonchev–Trinajstić information content (AvgIpc) is 3.25. The Kier molecular flexibility index (Phi) is 8.63. The van der Waals surface area contributed by atoms with Crippen LogP contribution in [0.25, 0.3) is 0 Å². The molecule has 1 aromatic carbocycles. The Morgan fingerprint density at radius 1 is 0.895 bits per heavy atom. The van der Waals surface area contributed by atoms with Gasteiger partial charge in [-0.15, -0.1) is 0 Å². The molecule has 1 amide bonds. The molecule has 0 aromatic heterocycles. The first-order valence-electron chi connectivity index (χ1n) is 12.2. The van der Waals surface area contributed by atoms with Crippen LogP contribution in [0, 0.1) is 5.92 Å². The lowest BCUT2D eigenvalue weighted by atomic mass is 9.68. The fourth-order valence-electron chi connectivity index (χ4n) is 4.92. The van der Waals surface area contributed by atoms with Gasteiger partial charge in [-0.05, 0) is 38.5 Å². The molecule has 3 rings (SSSR count). The van der Waals surface area contributed by atoms with E-state index in [1.807, 2.05) is 0 Å². The van der Waals surface area contributed by atoms with Gasteiger partial charge in [-0.25, -0.2) is 4.79 Å². The molecule has 1 N–H and O–H groups in total. The first kappa shape index (κ1) is 28.9. The predicted molar refractivity (Wildman–Crippen MR) is 131 cm³/mol. The van der Waals surface area contributed by atoms with Crippen molar-refractivity contribution in [1.29, 1.82) is 0 Å². The number of benzene rings is 1. The highest BCUT2D eigenvalue weighted by Gasteiger charge is 2.55. The Labute approximate surface area is 221 Å². The minimum absolute atomic E-state index is 0.00434. The van der Waals surface area contributed by atoms with E-state index in [0.717, 1.165) is 0 Å². The van der Waals surface area contributed by atoms with Crippen LogP contribution in [-0.2, 0) is 33.3 Å². The van der Waals surface area contributed by atoms with Crippen molar-refractivity contribution in [2.75, 3.05) is 13.9 Å². The largest absolute Gasteiger partial charge is 0.493 e. The van der Waals surface area contributed by atoms with Gasteiger partial charge in [0.15, 0.2) is 23.7 Å². The lowest BCUT2D eigenvalue weighted by molar-refractivity contribution is -0.201. The molecule has 0 radical (unpaired) electrons. The van der Waals surface area contributed by atoms with E-state index in [9.17, 15) is 19.2 Å². The minimum Gasteiger partial charge on any atom is -0.493 e. The number of ether oxygens (including phenoxy) is 7. The van der Waals surface area contributed by atoms with Crippen molar-refractivity contribution in [2.45, 2.75) is 84.3 Å². The summed E-state index contributed by atoms with van der Waals surface area (Å²) < 4.78 is 38.9. The second kappa shape index (κ2) is 11.4. The Hall–Kier alpha value is -3.70. The molecule has 0 unspecified atom stereocenters. The van der Waals surface area contributed by atoms with Gasteiger partial charge in [-0.3, -0.25) is 14.4 Å². The molecule has 1 saturated carbocycles. The summed E-state index contributed by atoms with van der Waals surface area (Å²) in [5.41, 5.74) is -0.218. The molecule has 0 bridgehead atoms. The number of carbonyl (C=O) groups is 4. The maximum absolute atomic E-state index is 13.0. The number of methoxy groups -OCH3 is 1. The number of rotatable bonds is 6. The first-order valence-corrected chi connectivity index (χ1v) is 12.2. The number of hydrogen-bond acceptors (Lipinski definition) is 11. The molecule has 6 atom stereocenters. The summed E-state index contributed by atoms with van der Waals surface area (Å²) in [5, 5.41) is 2.81. The van der Waals surface area contributed by atoms with Crippen molar-refractivity contribution in [3.63, 3.8) is 0 Å². The molecule has 1 aromatic rings. The third-order valence-corrected chi connectivity index (χ3v) is 6.13. The smallest absolute Gasteiger partial charge is 0.408 e. The SMILES string of the molecule is COc1cc([C@H]2[C@@H](C)[C@H](OC(C)=O)[C@@H](OC(C)=O)[C@@H](OC(C)=O)[C@@H]2NC(=O)OC(C)(C)C)cc2c1OCO2. The van der Waals surface area contributed by atoms with Gasteiger partial charge in [0, 0.05) is 32.6 Å². The molecule has 1 aliphatic carbocycles. The number of hydrogen-bond donors (Lipinski definition) is 1. The molecule has 12 heteroatoms. The second-order valence-electron chi connectivity index (χ2n) is 10.2. The van der Waals surface area contributed by atoms with Crippen molar-refractivity contribution in [2.24, 2.45) is 5.92 Å². The molecule has 2 aliphatic rings. The van der Waals surface area contributed by atoms with E-state index < -0.39 is 65.8 Å². The predicted octanol–water partition coefficient (Wildman–Crippen LogP) is 2.85. The van der Waals surface area contributed by atoms with Gasteiger partial charge in [-0.1, -0.05) is 6.92 Å². The number of carbonyl (C=O) groups excluding carboxylic acids is 4. The Balaban J connectivity index is 2.20. The summed E-state index contributed by atoms with van der Waals surface area (Å²) in [6, 6.07) is 2.45. The van der Waals surface area contributed by atoms with Crippen molar-refractivity contribution in [3.05, 3.63) is 17.7 Å². The van der Waals surface area contributed by atoms with E-state index in [-0.39, 0.29) is 6.79 Å². The fourth-order valence-corrected chi connectivity index (χ4v) is 4.92. The highest BCUT2D eigenvalue weighted by molar-refractivity contribution is 5.71. The molecule has 0 saturated heterocycles. The standard InChI is InChI=1S/C26H35NO11/c1-12-19(16-9-17(32-8)22-18(10-16)33-11-34-22)20(27-25(31)38-26(5,6)7)23(36-14(3)29)24(37-15(4)30)21(12)35-13(2)28/h9-10,12,19-21,23-24H,11H2,1-8H3,(H,27,31)/t12-,19-,20-,21+,23+,24-/m1/s1. The maximum atomic E-state index is 13.0. The zero-order valence-electron chi connectivity index (χ0n) is 22.8. The van der Waals surface area contributed by atoms with Crippen LogP contribution in [0.1, 0.15) is 59.9 Å². The fraction of sp³-hybridized carbons (Fsp3) is 0.615. The van der Waals surface area contributed by atoms with E-state index >= 15 is 0 Å². The van der Waals surface area contributed by atoms with Crippen molar-refractivity contribution in [3.8, 4) is 17.2 Å². The molecular formula is C26H35NO11. The van der Waals surface area contributed by atoms with Crippen LogP contribution in [0.2, 0.25) is 0 Å². The highest BCUT2D eigenvalue weighted by atomic mass is 16.7. The van der Waals surface area contributed by atoms with Gasteiger partial charge < -0.3 is 38.5 Å². The van der Waals surface area contributed by atoms with Crippen LogP contribution in [0.15, 0.2) is 12.1 Å². The van der Waals surface area contributed by atoms with Gasteiger partial charge >= 0.3 is 24.0 Å². The maximum Gasteiger partial charge on any atom is 0.408 e. The number of esters is 3. The van der Waals surface area contributed by atoms with Crippen LogP contribution in [-0.4, -0.2) is 67.9 Å². The van der Waals surface area contributed by atoms with E-state index in [1.165, 1.54) is 27.9 Å². The van der Waals surface area contributed by atoms with Crippen LogP contribution in [0.3, 0.4) is 0 Å². The lowest BCUT2D eigenvalue weighted by Gasteiger charge is -2.48. The van der Waals surface area contributed by atoms with Crippen molar-refractivity contribution in [1.82, 2.24) is 5.32 Å². The molecule has 210 valence electrons. The average molecular weight is 538 g/mol. The Bertz CT molecular complexity index is 1080. The Morgan fingerprint density at radius 3 is 2.03 bits per heavy atom. The summed E-state index contributed by atoms with van der Waals surface area (Å²) >= 11 is 0. The number of alkyl carbamates (subject to hydrolysis) is 1. The molecule has 1 heterocycles. The molecular weight excluding hydrogens is 502 g/mol. The number of amides is 1. The topological polar surface area (TPSA) is 145 Å². The lowest BCUT2D eigenvalue weighted by Crippen LogP contribution is -2.65. The van der Waals surface area contributed by atoms with E-state index in [4.69, 9.17) is 33.2 Å². The summed E-state index contributed by atoms with van der Waals surface area (Å²) in [7, 11) is 1.47.